The first-order valence-corrected chi connectivity index (χ1v) is 11.1. The van der Waals surface area contributed by atoms with Gasteiger partial charge in [-0.15, -0.1) is 10.2 Å². The van der Waals surface area contributed by atoms with Gasteiger partial charge in [-0.25, -0.2) is 0 Å². The van der Waals surface area contributed by atoms with Gasteiger partial charge in [0.05, 0.1) is 18.3 Å². The number of aromatic nitrogens is 3. The minimum atomic E-state index is -0.458. The van der Waals surface area contributed by atoms with E-state index in [0.717, 1.165) is 31.1 Å². The van der Waals surface area contributed by atoms with Crippen LogP contribution in [0.4, 0.5) is 0 Å². The fraction of sp³-hybridized carbons (Fsp3) is 0.524. The molecule has 2 aromatic rings. The van der Waals surface area contributed by atoms with Gasteiger partial charge >= 0.3 is 0 Å². The number of rotatable bonds is 9. The van der Waals surface area contributed by atoms with E-state index in [1.165, 1.54) is 31.5 Å². The normalized spacial score (nSPS) is 15.6. The molecule has 1 aliphatic heterocycles. The summed E-state index contributed by atoms with van der Waals surface area (Å²) in [6, 6.07) is 9.52. The van der Waals surface area contributed by atoms with Crippen LogP contribution in [0.1, 0.15) is 39.4 Å². The molecule has 1 N–H and O–H groups in total. The third-order valence-electron chi connectivity index (χ3n) is 5.03. The Kier molecular flexibility index (Phi) is 7.44. The molecule has 3 rings (SSSR count). The van der Waals surface area contributed by atoms with Crippen LogP contribution in [0.2, 0.25) is 0 Å². The van der Waals surface area contributed by atoms with Crippen LogP contribution in [0, 0.1) is 5.92 Å². The summed E-state index contributed by atoms with van der Waals surface area (Å²) >= 11 is 1.34. The molecule has 1 aliphatic rings. The number of hydrogen-bond donors (Lipinski definition) is 1. The molecule has 1 saturated heterocycles. The molecule has 1 fully saturated rings. The Labute approximate surface area is 176 Å². The lowest BCUT2D eigenvalue weighted by atomic mass is 10.0. The predicted octanol–water partition coefficient (Wildman–Crippen LogP) is 2.69. The van der Waals surface area contributed by atoms with Gasteiger partial charge in [-0.2, -0.15) is 0 Å². The number of ketones is 1. The Balaban J connectivity index is 1.74. The highest BCUT2D eigenvalue weighted by atomic mass is 32.2. The Morgan fingerprint density at radius 3 is 2.45 bits per heavy atom. The van der Waals surface area contributed by atoms with Gasteiger partial charge in [0.15, 0.2) is 16.8 Å². The molecule has 0 spiro atoms. The van der Waals surface area contributed by atoms with Gasteiger partial charge in [-0.05, 0) is 50.9 Å². The van der Waals surface area contributed by atoms with E-state index < -0.39 is 6.04 Å². The number of thioether (sulfide) groups is 1. The summed E-state index contributed by atoms with van der Waals surface area (Å²) in [6.07, 6.45) is 2.43. The van der Waals surface area contributed by atoms with E-state index in [0.29, 0.717) is 5.16 Å². The highest BCUT2D eigenvalue weighted by Gasteiger charge is 2.23. The van der Waals surface area contributed by atoms with Gasteiger partial charge in [0.25, 0.3) is 0 Å². The van der Waals surface area contributed by atoms with E-state index in [1.807, 2.05) is 48.7 Å². The Hall–Kier alpha value is -2.19. The van der Waals surface area contributed by atoms with Gasteiger partial charge in [0.2, 0.25) is 5.91 Å². The first-order chi connectivity index (χ1) is 14.0. The van der Waals surface area contributed by atoms with Crippen molar-refractivity contribution < 1.29 is 9.59 Å². The fourth-order valence-corrected chi connectivity index (χ4v) is 4.34. The van der Waals surface area contributed by atoms with Gasteiger partial charge in [-0.1, -0.05) is 43.8 Å². The maximum atomic E-state index is 12.4. The van der Waals surface area contributed by atoms with E-state index in [-0.39, 0.29) is 23.4 Å². The second kappa shape index (κ2) is 10.0. The van der Waals surface area contributed by atoms with E-state index >= 15 is 0 Å². The maximum absolute atomic E-state index is 12.4. The first kappa shape index (κ1) is 21.5. The zero-order chi connectivity index (χ0) is 20.8. The van der Waals surface area contributed by atoms with Gasteiger partial charge in [0, 0.05) is 5.69 Å². The molecule has 1 unspecified atom stereocenters. The molecule has 0 aliphatic carbocycles. The lowest BCUT2D eigenvalue weighted by Crippen LogP contribution is -2.44. The van der Waals surface area contributed by atoms with Crippen molar-refractivity contribution in [3.05, 3.63) is 36.2 Å². The highest BCUT2D eigenvalue weighted by Crippen LogP contribution is 2.23. The van der Waals surface area contributed by atoms with Crippen molar-refractivity contribution in [2.75, 3.05) is 18.8 Å². The van der Waals surface area contributed by atoms with Crippen molar-refractivity contribution in [2.45, 2.75) is 51.4 Å². The molecule has 8 heteroatoms. The summed E-state index contributed by atoms with van der Waals surface area (Å²) in [4.78, 5) is 26.5. The van der Waals surface area contributed by atoms with Crippen molar-refractivity contribution in [1.29, 1.82) is 0 Å². The molecule has 1 aromatic carbocycles. The van der Waals surface area contributed by atoms with Crippen molar-refractivity contribution in [2.24, 2.45) is 5.92 Å². The maximum Gasteiger partial charge on any atom is 0.231 e. The number of hydrogen-bond acceptors (Lipinski definition) is 6. The smallest absolute Gasteiger partial charge is 0.231 e. The average molecular weight is 416 g/mol. The molecule has 156 valence electrons. The van der Waals surface area contributed by atoms with Crippen LogP contribution in [0.3, 0.4) is 0 Å². The largest absolute Gasteiger partial charge is 0.345 e. The number of Topliss-reactive ketones (excluding diaryl/α,β-unsaturated/α-hetero) is 1. The molecule has 0 saturated carbocycles. The minimum absolute atomic E-state index is 0.0290. The second-order valence-corrected chi connectivity index (χ2v) is 8.68. The molecular weight excluding hydrogens is 386 g/mol. The van der Waals surface area contributed by atoms with Gasteiger partial charge in [-0.3, -0.25) is 19.1 Å². The number of amides is 1. The Morgan fingerprint density at radius 2 is 1.83 bits per heavy atom. The van der Waals surface area contributed by atoms with Crippen molar-refractivity contribution in [1.82, 2.24) is 25.0 Å². The molecule has 1 amide bonds. The lowest BCUT2D eigenvalue weighted by Gasteiger charge is -2.19. The van der Waals surface area contributed by atoms with Crippen LogP contribution in [0.15, 0.2) is 35.5 Å². The third kappa shape index (κ3) is 5.67. The average Bonchev–Trinajstić information content (AvgIpc) is 3.35. The summed E-state index contributed by atoms with van der Waals surface area (Å²) in [5.74, 6) is 0.920. The minimum Gasteiger partial charge on any atom is -0.345 e. The summed E-state index contributed by atoms with van der Waals surface area (Å²) in [7, 11) is 0. The molecule has 0 bridgehead atoms. The van der Waals surface area contributed by atoms with Crippen LogP contribution < -0.4 is 5.32 Å². The summed E-state index contributed by atoms with van der Waals surface area (Å²) in [5, 5.41) is 12.3. The van der Waals surface area contributed by atoms with E-state index in [1.54, 1.807) is 0 Å². The first-order valence-electron chi connectivity index (χ1n) is 10.1. The SMILES string of the molecule is CC(=O)C(NC(=O)CSc1nnc(CN2CCCC2)n1-c1ccccc1)C(C)C. The number of carbonyl (C=O) groups is 2. The van der Waals surface area contributed by atoms with Crippen LogP contribution in [0.5, 0.6) is 0 Å². The molecule has 2 heterocycles. The second-order valence-electron chi connectivity index (χ2n) is 7.74. The van der Waals surface area contributed by atoms with E-state index in [9.17, 15) is 9.59 Å². The van der Waals surface area contributed by atoms with Crippen LogP contribution in [0.25, 0.3) is 5.69 Å². The summed E-state index contributed by atoms with van der Waals surface area (Å²) < 4.78 is 2.03. The molecule has 1 aromatic heterocycles. The summed E-state index contributed by atoms with van der Waals surface area (Å²) in [5.41, 5.74) is 0.985. The van der Waals surface area contributed by atoms with Crippen LogP contribution >= 0.6 is 11.8 Å². The zero-order valence-electron chi connectivity index (χ0n) is 17.3. The summed E-state index contributed by atoms with van der Waals surface area (Å²) in [6.45, 7) is 8.26. The number of benzene rings is 1. The monoisotopic (exact) mass is 415 g/mol. The topological polar surface area (TPSA) is 80.1 Å². The lowest BCUT2D eigenvalue weighted by molar-refractivity contribution is -0.126. The molecular formula is C21H29N5O2S. The van der Waals surface area contributed by atoms with E-state index in [2.05, 4.69) is 20.4 Å². The van der Waals surface area contributed by atoms with Gasteiger partial charge in [0.1, 0.15) is 0 Å². The third-order valence-corrected chi connectivity index (χ3v) is 5.96. The highest BCUT2D eigenvalue weighted by molar-refractivity contribution is 7.99. The Morgan fingerprint density at radius 1 is 1.14 bits per heavy atom. The van der Waals surface area contributed by atoms with Crippen molar-refractivity contribution in [3.8, 4) is 5.69 Å². The van der Waals surface area contributed by atoms with E-state index in [4.69, 9.17) is 0 Å². The zero-order valence-corrected chi connectivity index (χ0v) is 18.1. The van der Waals surface area contributed by atoms with Crippen molar-refractivity contribution in [3.63, 3.8) is 0 Å². The van der Waals surface area contributed by atoms with Crippen LogP contribution in [-0.4, -0.2) is 56.2 Å². The van der Waals surface area contributed by atoms with Crippen molar-refractivity contribution >= 4 is 23.5 Å². The number of nitrogens with zero attached hydrogens (tertiary/aromatic N) is 4. The fourth-order valence-electron chi connectivity index (χ4n) is 3.56. The molecule has 1 atom stereocenters. The molecule has 29 heavy (non-hydrogen) atoms. The number of nitrogens with one attached hydrogen (secondary N) is 1. The quantitative estimate of drug-likeness (QED) is 0.635. The predicted molar refractivity (Wildman–Crippen MR) is 114 cm³/mol. The number of likely N-dealkylation sites (tertiary alicyclic amines) is 1. The molecule has 0 radical (unpaired) electrons. The number of carbonyl (C=O) groups excluding carboxylic acids is 2. The van der Waals surface area contributed by atoms with Crippen LogP contribution in [-0.2, 0) is 16.1 Å². The number of para-hydroxylation sites is 1. The standard InChI is InChI=1S/C21H29N5O2S/c1-15(2)20(16(3)27)22-19(28)14-29-21-24-23-18(13-25-11-7-8-12-25)26(21)17-9-5-4-6-10-17/h4-6,9-10,15,20H,7-8,11-14H2,1-3H3,(H,22,28). The van der Waals surface area contributed by atoms with Gasteiger partial charge < -0.3 is 5.32 Å². The molecule has 7 nitrogen and oxygen atoms in total. The Bertz CT molecular complexity index is 831.